The molecule has 0 saturated carbocycles. The molecule has 7 heteroatoms. The summed E-state index contributed by atoms with van der Waals surface area (Å²) in [4.78, 5) is 42.1. The van der Waals surface area contributed by atoms with Crippen molar-refractivity contribution in [2.45, 2.75) is 45.1 Å². The van der Waals surface area contributed by atoms with Gasteiger partial charge in [0, 0.05) is 49.6 Å². The second-order valence-electron chi connectivity index (χ2n) is 9.52. The van der Waals surface area contributed by atoms with Crippen molar-refractivity contribution in [1.29, 1.82) is 0 Å². The van der Waals surface area contributed by atoms with Gasteiger partial charge in [0.15, 0.2) is 5.78 Å². The lowest BCUT2D eigenvalue weighted by molar-refractivity contribution is -0.139. The summed E-state index contributed by atoms with van der Waals surface area (Å²) >= 11 is 5.95. The maximum Gasteiger partial charge on any atom is 0.228 e. The highest BCUT2D eigenvalue weighted by Gasteiger charge is 2.45. The number of benzene rings is 2. The van der Waals surface area contributed by atoms with Crippen LogP contribution in [0.2, 0.25) is 5.02 Å². The molecule has 3 aliphatic heterocycles. The number of hydrogen-bond donors (Lipinski definition) is 0. The Balaban J connectivity index is 1.24. The summed E-state index contributed by atoms with van der Waals surface area (Å²) in [6.45, 7) is 5.44. The first-order valence-electron chi connectivity index (χ1n) is 11.4. The van der Waals surface area contributed by atoms with E-state index < -0.39 is 5.60 Å². The number of carbonyl (C=O) groups is 3. The molecule has 2 saturated heterocycles. The summed E-state index contributed by atoms with van der Waals surface area (Å²) in [6, 6.07) is 11.0. The van der Waals surface area contributed by atoms with Crippen LogP contribution in [0.25, 0.3) is 0 Å². The fourth-order valence-corrected chi connectivity index (χ4v) is 5.29. The third-order valence-corrected chi connectivity index (χ3v) is 7.56. The molecule has 33 heavy (non-hydrogen) atoms. The highest BCUT2D eigenvalue weighted by atomic mass is 35.5. The molecule has 1 atom stereocenters. The molecule has 172 valence electrons. The molecule has 0 aliphatic carbocycles. The summed E-state index contributed by atoms with van der Waals surface area (Å²) in [5, 5.41) is 0.608. The van der Waals surface area contributed by atoms with Crippen LogP contribution in [0.5, 0.6) is 5.75 Å². The lowest BCUT2D eigenvalue weighted by Crippen LogP contribution is -2.53. The molecule has 3 aliphatic rings. The van der Waals surface area contributed by atoms with Crippen LogP contribution in [0, 0.1) is 19.8 Å². The standard InChI is InChI=1S/C26H27ClN2O4/c1-16-11-21-22(30)14-26(33-23(21)12-17(16)2)7-9-28(10-8-26)25(32)18-13-24(31)29(15-18)20-5-3-19(27)4-6-20/h3-6,11-12,18H,7-10,13-15H2,1-2H3. The number of anilines is 1. The number of amides is 2. The van der Waals surface area contributed by atoms with E-state index in [1.165, 1.54) is 0 Å². The molecule has 2 aromatic rings. The molecule has 1 spiro atoms. The molecule has 0 radical (unpaired) electrons. The van der Waals surface area contributed by atoms with Gasteiger partial charge in [-0.05, 0) is 61.4 Å². The number of fused-ring (bicyclic) bond motifs is 1. The van der Waals surface area contributed by atoms with Crippen LogP contribution in [0.4, 0.5) is 5.69 Å². The summed E-state index contributed by atoms with van der Waals surface area (Å²) < 4.78 is 6.39. The Hall–Kier alpha value is -2.86. The minimum Gasteiger partial charge on any atom is -0.486 e. The van der Waals surface area contributed by atoms with Crippen molar-refractivity contribution in [3.63, 3.8) is 0 Å². The molecule has 0 bridgehead atoms. The largest absolute Gasteiger partial charge is 0.486 e. The van der Waals surface area contributed by atoms with Gasteiger partial charge in [0.25, 0.3) is 0 Å². The molecule has 5 rings (SSSR count). The van der Waals surface area contributed by atoms with E-state index in [1.807, 2.05) is 30.9 Å². The maximum atomic E-state index is 13.2. The average molecular weight is 467 g/mol. The number of rotatable bonds is 2. The van der Waals surface area contributed by atoms with Gasteiger partial charge >= 0.3 is 0 Å². The van der Waals surface area contributed by atoms with Crippen LogP contribution in [-0.4, -0.2) is 47.7 Å². The second-order valence-corrected chi connectivity index (χ2v) is 9.96. The topological polar surface area (TPSA) is 66.9 Å². The third kappa shape index (κ3) is 4.01. The number of nitrogens with zero attached hydrogens (tertiary/aromatic N) is 2. The van der Waals surface area contributed by atoms with Gasteiger partial charge in [-0.3, -0.25) is 14.4 Å². The van der Waals surface area contributed by atoms with E-state index in [4.69, 9.17) is 16.3 Å². The molecular formula is C26H27ClN2O4. The molecule has 2 aromatic carbocycles. The lowest BCUT2D eigenvalue weighted by atomic mass is 9.81. The highest BCUT2D eigenvalue weighted by Crippen LogP contribution is 2.41. The molecule has 6 nitrogen and oxygen atoms in total. The lowest BCUT2D eigenvalue weighted by Gasteiger charge is -2.44. The average Bonchev–Trinajstić information content (AvgIpc) is 3.17. The highest BCUT2D eigenvalue weighted by molar-refractivity contribution is 6.30. The number of piperidine rings is 1. The van der Waals surface area contributed by atoms with E-state index in [1.54, 1.807) is 29.2 Å². The first kappa shape index (κ1) is 22.0. The van der Waals surface area contributed by atoms with E-state index in [2.05, 4.69) is 0 Å². The Kier molecular flexibility index (Phi) is 5.44. The van der Waals surface area contributed by atoms with E-state index in [0.717, 1.165) is 16.8 Å². The van der Waals surface area contributed by atoms with E-state index in [-0.39, 0.29) is 29.9 Å². The van der Waals surface area contributed by atoms with Gasteiger partial charge in [-0.15, -0.1) is 0 Å². The number of ether oxygens (including phenoxy) is 1. The van der Waals surface area contributed by atoms with Crippen LogP contribution < -0.4 is 9.64 Å². The quantitative estimate of drug-likeness (QED) is 0.660. The fraction of sp³-hybridized carbons (Fsp3) is 0.423. The number of likely N-dealkylation sites (tertiary alicyclic amines) is 1. The monoisotopic (exact) mass is 466 g/mol. The number of aryl methyl sites for hydroxylation is 2. The Bertz CT molecular complexity index is 1140. The normalized spacial score (nSPS) is 21.8. The van der Waals surface area contributed by atoms with Gasteiger partial charge in [0.05, 0.1) is 17.9 Å². The number of ketones is 1. The van der Waals surface area contributed by atoms with Crippen LogP contribution in [0.15, 0.2) is 36.4 Å². The summed E-state index contributed by atoms with van der Waals surface area (Å²) in [6.07, 6.45) is 1.78. The van der Waals surface area contributed by atoms with Gasteiger partial charge in [-0.1, -0.05) is 11.6 Å². The zero-order valence-electron chi connectivity index (χ0n) is 18.9. The minimum atomic E-state index is -0.552. The van der Waals surface area contributed by atoms with Crippen LogP contribution in [0.3, 0.4) is 0 Å². The van der Waals surface area contributed by atoms with Gasteiger partial charge < -0.3 is 14.5 Å². The minimum absolute atomic E-state index is 0.00340. The predicted molar refractivity (Wildman–Crippen MR) is 126 cm³/mol. The number of halogens is 1. The first-order valence-corrected chi connectivity index (χ1v) is 11.8. The van der Waals surface area contributed by atoms with Crippen molar-refractivity contribution < 1.29 is 19.1 Å². The fourth-order valence-electron chi connectivity index (χ4n) is 5.16. The zero-order valence-corrected chi connectivity index (χ0v) is 19.7. The zero-order chi connectivity index (χ0) is 23.3. The van der Waals surface area contributed by atoms with Crippen molar-refractivity contribution in [1.82, 2.24) is 4.90 Å². The van der Waals surface area contributed by atoms with Crippen molar-refractivity contribution in [3.8, 4) is 5.75 Å². The number of carbonyl (C=O) groups excluding carboxylic acids is 3. The van der Waals surface area contributed by atoms with Gasteiger partial charge in [0.2, 0.25) is 11.8 Å². The van der Waals surface area contributed by atoms with E-state index >= 15 is 0 Å². The van der Waals surface area contributed by atoms with Crippen molar-refractivity contribution in [3.05, 3.63) is 58.1 Å². The van der Waals surface area contributed by atoms with Crippen molar-refractivity contribution in [2.24, 2.45) is 5.92 Å². The van der Waals surface area contributed by atoms with Gasteiger partial charge in [0.1, 0.15) is 11.4 Å². The number of Topliss-reactive ketones (excluding diaryl/α,β-unsaturated/α-hetero) is 1. The summed E-state index contributed by atoms with van der Waals surface area (Å²) in [5.74, 6) is 0.368. The van der Waals surface area contributed by atoms with Crippen LogP contribution >= 0.6 is 11.6 Å². The van der Waals surface area contributed by atoms with Crippen LogP contribution in [0.1, 0.15) is 47.2 Å². The Morgan fingerprint density at radius 3 is 2.42 bits per heavy atom. The molecule has 3 heterocycles. The van der Waals surface area contributed by atoms with Crippen molar-refractivity contribution in [2.75, 3.05) is 24.5 Å². The predicted octanol–water partition coefficient (Wildman–Crippen LogP) is 4.34. The first-order chi connectivity index (χ1) is 15.7. The van der Waals surface area contributed by atoms with E-state index in [9.17, 15) is 14.4 Å². The smallest absolute Gasteiger partial charge is 0.228 e. The molecule has 2 fully saturated rings. The SMILES string of the molecule is Cc1cc2c(cc1C)C(=O)CC1(CCN(C(=O)C3CC(=O)N(c4ccc(Cl)cc4)C3)CC1)O2. The Morgan fingerprint density at radius 1 is 1.06 bits per heavy atom. The van der Waals surface area contributed by atoms with Gasteiger partial charge in [-0.25, -0.2) is 0 Å². The molecule has 1 unspecified atom stereocenters. The Labute approximate surface area is 198 Å². The molecule has 0 N–H and O–H groups in total. The summed E-state index contributed by atoms with van der Waals surface area (Å²) in [5.41, 5.74) is 3.05. The maximum absolute atomic E-state index is 13.2. The van der Waals surface area contributed by atoms with E-state index in [0.29, 0.717) is 55.2 Å². The number of hydrogen-bond acceptors (Lipinski definition) is 4. The van der Waals surface area contributed by atoms with Crippen LogP contribution in [-0.2, 0) is 9.59 Å². The molecule has 2 amide bonds. The third-order valence-electron chi connectivity index (χ3n) is 7.30. The molecular weight excluding hydrogens is 440 g/mol. The van der Waals surface area contributed by atoms with Gasteiger partial charge in [-0.2, -0.15) is 0 Å². The summed E-state index contributed by atoms with van der Waals surface area (Å²) in [7, 11) is 0. The second kappa shape index (κ2) is 8.17. The van der Waals surface area contributed by atoms with Crippen molar-refractivity contribution >= 4 is 34.9 Å². The molecule has 0 aromatic heterocycles. The Morgan fingerprint density at radius 2 is 1.73 bits per heavy atom.